The van der Waals surface area contributed by atoms with E-state index in [1.165, 1.54) is 36.4 Å². The van der Waals surface area contributed by atoms with Crippen LogP contribution in [0.2, 0.25) is 0 Å². The van der Waals surface area contributed by atoms with Crippen LogP contribution in [0.15, 0.2) is 66.7 Å². The van der Waals surface area contributed by atoms with Crippen molar-refractivity contribution in [1.29, 1.82) is 0 Å². The minimum absolute atomic E-state index is 0.0986. The van der Waals surface area contributed by atoms with E-state index in [4.69, 9.17) is 0 Å². The zero-order valence-electron chi connectivity index (χ0n) is 14.7. The number of carbonyl (C=O) groups excluding carboxylic acids is 2. The van der Waals surface area contributed by atoms with Crippen LogP contribution in [-0.4, -0.2) is 16.7 Å². The minimum atomic E-state index is -0.689. The van der Waals surface area contributed by atoms with Gasteiger partial charge in [-0.05, 0) is 60.7 Å². The van der Waals surface area contributed by atoms with Crippen molar-refractivity contribution >= 4 is 28.9 Å². The number of rotatable bonds is 5. The number of anilines is 2. The number of nitro benzene ring substituents is 1. The number of nitro groups is 1. The highest BCUT2D eigenvalue weighted by molar-refractivity contribution is 6.07. The van der Waals surface area contributed by atoms with Gasteiger partial charge in [0, 0.05) is 22.9 Å². The molecule has 0 bridgehead atoms. The Kier molecular flexibility index (Phi) is 5.59. The third-order valence-corrected chi connectivity index (χ3v) is 3.91. The lowest BCUT2D eigenvalue weighted by molar-refractivity contribution is -0.383. The molecule has 0 saturated heterocycles. The molecule has 0 unspecified atom stereocenters. The van der Waals surface area contributed by atoms with Gasteiger partial charge in [-0.2, -0.15) is 0 Å². The SMILES string of the molecule is O=C(Nc1ccc([N+](=O)[O-])c(NC(=O)c2ccc(F)cc2)c1)c1ccc(F)cc1. The van der Waals surface area contributed by atoms with E-state index in [-0.39, 0.29) is 28.2 Å². The molecule has 0 heterocycles. The number of carbonyl (C=O) groups is 2. The summed E-state index contributed by atoms with van der Waals surface area (Å²) < 4.78 is 26.0. The summed E-state index contributed by atoms with van der Waals surface area (Å²) in [5.41, 5.74) is -0.0797. The molecule has 7 nitrogen and oxygen atoms in total. The van der Waals surface area contributed by atoms with Crippen molar-refractivity contribution in [2.75, 3.05) is 10.6 Å². The van der Waals surface area contributed by atoms with Crippen LogP contribution in [0.5, 0.6) is 0 Å². The summed E-state index contributed by atoms with van der Waals surface area (Å²) in [6.07, 6.45) is 0. The molecule has 146 valence electrons. The van der Waals surface area contributed by atoms with Crippen molar-refractivity contribution in [1.82, 2.24) is 0 Å². The molecule has 2 N–H and O–H groups in total. The highest BCUT2D eigenvalue weighted by Gasteiger charge is 2.18. The molecule has 3 aromatic carbocycles. The Hall–Kier alpha value is -4.14. The molecule has 9 heteroatoms. The number of amides is 2. The molecule has 0 saturated carbocycles. The highest BCUT2D eigenvalue weighted by Crippen LogP contribution is 2.28. The van der Waals surface area contributed by atoms with Gasteiger partial charge in [0.05, 0.1) is 4.92 Å². The van der Waals surface area contributed by atoms with Crippen molar-refractivity contribution < 1.29 is 23.3 Å². The predicted molar refractivity (Wildman–Crippen MR) is 102 cm³/mol. The number of halogens is 2. The third kappa shape index (κ3) is 4.78. The summed E-state index contributed by atoms with van der Waals surface area (Å²) in [5, 5.41) is 16.2. The Labute approximate surface area is 163 Å². The summed E-state index contributed by atoms with van der Waals surface area (Å²) in [7, 11) is 0. The number of hydrogen-bond donors (Lipinski definition) is 2. The fourth-order valence-electron chi connectivity index (χ4n) is 2.47. The average Bonchev–Trinajstić information content (AvgIpc) is 2.69. The van der Waals surface area contributed by atoms with E-state index in [1.54, 1.807) is 0 Å². The maximum absolute atomic E-state index is 13.0. The molecule has 0 aromatic heterocycles. The molecule has 3 aromatic rings. The minimum Gasteiger partial charge on any atom is -0.322 e. The number of nitrogens with zero attached hydrogens (tertiary/aromatic N) is 1. The van der Waals surface area contributed by atoms with Crippen molar-refractivity contribution in [3.63, 3.8) is 0 Å². The van der Waals surface area contributed by atoms with Crippen LogP contribution in [0, 0.1) is 21.7 Å². The topological polar surface area (TPSA) is 101 Å². The quantitative estimate of drug-likeness (QED) is 0.493. The molecular formula is C20H13F2N3O4. The van der Waals surface area contributed by atoms with E-state index in [0.29, 0.717) is 0 Å². The standard InChI is InChI=1S/C20H13F2N3O4/c21-14-5-1-12(2-6-14)19(26)23-16-9-10-18(25(28)29)17(11-16)24-20(27)13-3-7-15(22)8-4-13/h1-11H,(H,23,26)(H,24,27). The molecule has 0 aliphatic rings. The van der Waals surface area contributed by atoms with Gasteiger partial charge in [0.1, 0.15) is 17.3 Å². The summed E-state index contributed by atoms with van der Waals surface area (Å²) in [4.78, 5) is 35.1. The van der Waals surface area contributed by atoms with E-state index in [1.807, 2.05) is 0 Å². The summed E-state index contributed by atoms with van der Waals surface area (Å²) in [6, 6.07) is 13.1. The molecule has 0 spiro atoms. The Morgan fingerprint density at radius 1 is 0.759 bits per heavy atom. The van der Waals surface area contributed by atoms with Crippen LogP contribution < -0.4 is 10.6 Å². The molecular weight excluding hydrogens is 384 g/mol. The van der Waals surface area contributed by atoms with Gasteiger partial charge in [0.2, 0.25) is 0 Å². The van der Waals surface area contributed by atoms with Gasteiger partial charge in [-0.3, -0.25) is 19.7 Å². The lowest BCUT2D eigenvalue weighted by Crippen LogP contribution is -2.15. The van der Waals surface area contributed by atoms with Crippen LogP contribution in [0.1, 0.15) is 20.7 Å². The maximum atomic E-state index is 13.0. The second-order valence-electron chi connectivity index (χ2n) is 5.91. The Bertz CT molecular complexity index is 1080. The highest BCUT2D eigenvalue weighted by atomic mass is 19.1. The second-order valence-corrected chi connectivity index (χ2v) is 5.91. The number of nitrogens with one attached hydrogen (secondary N) is 2. The van der Waals surface area contributed by atoms with Crippen molar-refractivity contribution in [3.05, 3.63) is 99.6 Å². The van der Waals surface area contributed by atoms with Crippen molar-refractivity contribution in [3.8, 4) is 0 Å². The summed E-state index contributed by atoms with van der Waals surface area (Å²) in [6.45, 7) is 0. The average molecular weight is 397 g/mol. The van der Waals surface area contributed by atoms with Gasteiger partial charge in [0.15, 0.2) is 0 Å². The lowest BCUT2D eigenvalue weighted by atomic mass is 10.1. The predicted octanol–water partition coefficient (Wildman–Crippen LogP) is 4.38. The van der Waals surface area contributed by atoms with Crippen molar-refractivity contribution in [2.45, 2.75) is 0 Å². The molecule has 0 atom stereocenters. The van der Waals surface area contributed by atoms with Gasteiger partial charge in [-0.1, -0.05) is 0 Å². The Balaban J connectivity index is 1.84. The largest absolute Gasteiger partial charge is 0.322 e. The van der Waals surface area contributed by atoms with E-state index < -0.39 is 28.4 Å². The normalized spacial score (nSPS) is 10.3. The monoisotopic (exact) mass is 397 g/mol. The Morgan fingerprint density at radius 3 is 1.72 bits per heavy atom. The van der Waals surface area contributed by atoms with Gasteiger partial charge >= 0.3 is 0 Å². The van der Waals surface area contributed by atoms with Crippen LogP contribution in [0.25, 0.3) is 0 Å². The molecule has 0 aliphatic carbocycles. The van der Waals surface area contributed by atoms with E-state index in [9.17, 15) is 28.5 Å². The first kappa shape index (κ1) is 19.6. The molecule has 3 rings (SSSR count). The zero-order valence-corrected chi connectivity index (χ0v) is 14.7. The summed E-state index contributed by atoms with van der Waals surface area (Å²) >= 11 is 0. The van der Waals surface area contributed by atoms with E-state index in [0.717, 1.165) is 30.3 Å². The van der Waals surface area contributed by atoms with Gasteiger partial charge in [0.25, 0.3) is 17.5 Å². The van der Waals surface area contributed by atoms with Crippen molar-refractivity contribution in [2.24, 2.45) is 0 Å². The lowest BCUT2D eigenvalue weighted by Gasteiger charge is -2.10. The van der Waals surface area contributed by atoms with E-state index >= 15 is 0 Å². The number of benzene rings is 3. The second kappa shape index (κ2) is 8.26. The molecule has 0 fully saturated rings. The maximum Gasteiger partial charge on any atom is 0.292 e. The first-order chi connectivity index (χ1) is 13.8. The van der Waals surface area contributed by atoms with Crippen LogP contribution >= 0.6 is 0 Å². The van der Waals surface area contributed by atoms with Crippen LogP contribution in [-0.2, 0) is 0 Å². The fraction of sp³-hybridized carbons (Fsp3) is 0. The van der Waals surface area contributed by atoms with Gasteiger partial charge in [-0.15, -0.1) is 0 Å². The number of hydrogen-bond acceptors (Lipinski definition) is 4. The first-order valence-corrected chi connectivity index (χ1v) is 8.26. The van der Waals surface area contributed by atoms with Crippen LogP contribution in [0.4, 0.5) is 25.8 Å². The molecule has 29 heavy (non-hydrogen) atoms. The summed E-state index contributed by atoms with van der Waals surface area (Å²) in [5.74, 6) is -2.27. The van der Waals surface area contributed by atoms with Crippen LogP contribution in [0.3, 0.4) is 0 Å². The van der Waals surface area contributed by atoms with Gasteiger partial charge < -0.3 is 10.6 Å². The Morgan fingerprint density at radius 2 is 1.24 bits per heavy atom. The fourth-order valence-corrected chi connectivity index (χ4v) is 2.47. The first-order valence-electron chi connectivity index (χ1n) is 8.26. The molecule has 0 aliphatic heterocycles. The molecule has 0 radical (unpaired) electrons. The third-order valence-electron chi connectivity index (χ3n) is 3.91. The zero-order chi connectivity index (χ0) is 21.0. The molecule has 2 amide bonds. The van der Waals surface area contributed by atoms with E-state index in [2.05, 4.69) is 10.6 Å². The van der Waals surface area contributed by atoms with Gasteiger partial charge in [-0.25, -0.2) is 8.78 Å². The smallest absolute Gasteiger partial charge is 0.292 e.